The van der Waals surface area contributed by atoms with Crippen LogP contribution in [0.15, 0.2) is 6.07 Å². The molecule has 0 aliphatic carbocycles. The van der Waals surface area contributed by atoms with Gasteiger partial charge in [-0.2, -0.15) is 5.10 Å². The summed E-state index contributed by atoms with van der Waals surface area (Å²) in [5.41, 5.74) is 6.84. The van der Waals surface area contributed by atoms with Crippen molar-refractivity contribution in [1.82, 2.24) is 9.78 Å². The van der Waals surface area contributed by atoms with Crippen LogP contribution in [0.2, 0.25) is 0 Å². The van der Waals surface area contributed by atoms with Crippen LogP contribution in [0.1, 0.15) is 33.4 Å². The summed E-state index contributed by atoms with van der Waals surface area (Å²) < 4.78 is 1.99. The molecule has 0 fully saturated rings. The molecule has 2 N–H and O–H groups in total. The molecule has 0 bridgehead atoms. The van der Waals surface area contributed by atoms with Gasteiger partial charge in [-0.3, -0.25) is 4.68 Å². The monoisotopic (exact) mass is 167 g/mol. The molecule has 1 heterocycles. The van der Waals surface area contributed by atoms with Crippen LogP contribution >= 0.6 is 0 Å². The molecule has 3 nitrogen and oxygen atoms in total. The van der Waals surface area contributed by atoms with Gasteiger partial charge in [0.25, 0.3) is 0 Å². The van der Waals surface area contributed by atoms with Gasteiger partial charge >= 0.3 is 0 Å². The summed E-state index contributed by atoms with van der Waals surface area (Å²) >= 11 is 0. The Morgan fingerprint density at radius 1 is 1.50 bits per heavy atom. The quantitative estimate of drug-likeness (QED) is 0.693. The number of anilines is 1. The van der Waals surface area contributed by atoms with Crippen molar-refractivity contribution in [2.75, 3.05) is 5.73 Å². The summed E-state index contributed by atoms with van der Waals surface area (Å²) in [5.74, 6) is 0.613. The van der Waals surface area contributed by atoms with Gasteiger partial charge in [0.2, 0.25) is 0 Å². The molecular weight excluding hydrogens is 150 g/mol. The van der Waals surface area contributed by atoms with Gasteiger partial charge in [0.15, 0.2) is 0 Å². The second-order valence-electron chi connectivity index (χ2n) is 4.00. The SMILES string of the molecule is CCc1cc(N)nn1C(C)(C)C. The summed E-state index contributed by atoms with van der Waals surface area (Å²) in [5, 5.41) is 4.25. The summed E-state index contributed by atoms with van der Waals surface area (Å²) in [6.07, 6.45) is 0.974. The van der Waals surface area contributed by atoms with Crippen molar-refractivity contribution in [3.8, 4) is 0 Å². The minimum Gasteiger partial charge on any atom is -0.382 e. The molecule has 0 radical (unpaired) electrons. The molecule has 0 unspecified atom stereocenters. The molecule has 1 rings (SSSR count). The average Bonchev–Trinajstić information content (AvgIpc) is 2.29. The molecule has 0 spiro atoms. The van der Waals surface area contributed by atoms with E-state index in [9.17, 15) is 0 Å². The summed E-state index contributed by atoms with van der Waals surface area (Å²) in [6, 6.07) is 1.94. The molecule has 0 amide bonds. The van der Waals surface area contributed by atoms with Crippen LogP contribution in [0.3, 0.4) is 0 Å². The fourth-order valence-electron chi connectivity index (χ4n) is 1.27. The highest BCUT2D eigenvalue weighted by Crippen LogP contribution is 2.18. The molecule has 0 aliphatic heterocycles. The first kappa shape index (κ1) is 9.10. The van der Waals surface area contributed by atoms with Crippen LogP contribution in [0.4, 0.5) is 5.82 Å². The Labute approximate surface area is 73.6 Å². The normalized spacial score (nSPS) is 12.0. The van der Waals surface area contributed by atoms with E-state index in [2.05, 4.69) is 32.8 Å². The van der Waals surface area contributed by atoms with Crippen molar-refractivity contribution in [3.63, 3.8) is 0 Å². The van der Waals surface area contributed by atoms with Gasteiger partial charge in [-0.25, -0.2) is 0 Å². The average molecular weight is 167 g/mol. The molecule has 68 valence electrons. The Morgan fingerprint density at radius 2 is 2.08 bits per heavy atom. The molecule has 12 heavy (non-hydrogen) atoms. The maximum atomic E-state index is 5.62. The van der Waals surface area contributed by atoms with Crippen molar-refractivity contribution in [2.45, 2.75) is 39.7 Å². The fraction of sp³-hybridized carbons (Fsp3) is 0.667. The molecule has 1 aromatic heterocycles. The van der Waals surface area contributed by atoms with Crippen molar-refractivity contribution < 1.29 is 0 Å². The number of aryl methyl sites for hydroxylation is 1. The van der Waals surface area contributed by atoms with Crippen molar-refractivity contribution in [2.24, 2.45) is 0 Å². The maximum Gasteiger partial charge on any atom is 0.145 e. The topological polar surface area (TPSA) is 43.8 Å². The maximum absolute atomic E-state index is 5.62. The highest BCUT2D eigenvalue weighted by atomic mass is 15.3. The van der Waals surface area contributed by atoms with Crippen molar-refractivity contribution >= 4 is 5.82 Å². The van der Waals surface area contributed by atoms with Gasteiger partial charge < -0.3 is 5.73 Å². The molecule has 0 saturated heterocycles. The van der Waals surface area contributed by atoms with E-state index in [0.29, 0.717) is 5.82 Å². The first-order valence-electron chi connectivity index (χ1n) is 4.30. The van der Waals surface area contributed by atoms with Crippen molar-refractivity contribution in [1.29, 1.82) is 0 Å². The van der Waals surface area contributed by atoms with E-state index in [1.807, 2.05) is 10.7 Å². The van der Waals surface area contributed by atoms with E-state index in [0.717, 1.165) is 6.42 Å². The van der Waals surface area contributed by atoms with Gasteiger partial charge in [-0.1, -0.05) is 6.92 Å². The fourth-order valence-corrected chi connectivity index (χ4v) is 1.27. The molecule has 3 heteroatoms. The smallest absolute Gasteiger partial charge is 0.145 e. The minimum absolute atomic E-state index is 0.0307. The summed E-state index contributed by atoms with van der Waals surface area (Å²) in [6.45, 7) is 8.48. The van der Waals surface area contributed by atoms with E-state index in [4.69, 9.17) is 5.73 Å². The summed E-state index contributed by atoms with van der Waals surface area (Å²) in [7, 11) is 0. The van der Waals surface area contributed by atoms with Gasteiger partial charge in [-0.15, -0.1) is 0 Å². The molecule has 1 aromatic rings. The molecule has 0 aliphatic rings. The zero-order valence-corrected chi connectivity index (χ0v) is 8.26. The Bertz CT molecular complexity index is 268. The number of nitrogens with two attached hydrogens (primary N) is 1. The number of nitrogen functional groups attached to an aromatic ring is 1. The van der Waals surface area contributed by atoms with E-state index in [1.165, 1.54) is 5.69 Å². The second kappa shape index (κ2) is 2.81. The third kappa shape index (κ3) is 1.60. The highest BCUT2D eigenvalue weighted by molar-refractivity contribution is 5.30. The molecule has 0 atom stereocenters. The predicted octanol–water partition coefficient (Wildman–Crippen LogP) is 1.78. The lowest BCUT2D eigenvalue weighted by atomic mass is 10.1. The van der Waals surface area contributed by atoms with Crippen LogP contribution < -0.4 is 5.73 Å². The van der Waals surface area contributed by atoms with Gasteiger partial charge in [-0.05, 0) is 27.2 Å². The lowest BCUT2D eigenvalue weighted by Crippen LogP contribution is -2.25. The first-order chi connectivity index (χ1) is 5.45. The van der Waals surface area contributed by atoms with E-state index < -0.39 is 0 Å². The predicted molar refractivity (Wildman–Crippen MR) is 51.0 cm³/mol. The molecule has 0 saturated carbocycles. The number of hydrogen-bond donors (Lipinski definition) is 1. The Balaban J connectivity index is 3.13. The molecule has 0 aromatic carbocycles. The zero-order chi connectivity index (χ0) is 9.35. The first-order valence-corrected chi connectivity index (χ1v) is 4.30. The second-order valence-corrected chi connectivity index (χ2v) is 4.00. The van der Waals surface area contributed by atoms with Crippen LogP contribution in [0.5, 0.6) is 0 Å². The van der Waals surface area contributed by atoms with Gasteiger partial charge in [0, 0.05) is 11.8 Å². The number of nitrogens with zero attached hydrogens (tertiary/aromatic N) is 2. The lowest BCUT2D eigenvalue weighted by molar-refractivity contribution is 0.345. The Kier molecular flexibility index (Phi) is 2.13. The van der Waals surface area contributed by atoms with E-state index in [1.54, 1.807) is 0 Å². The van der Waals surface area contributed by atoms with Crippen LogP contribution in [-0.2, 0) is 12.0 Å². The number of rotatable bonds is 1. The van der Waals surface area contributed by atoms with Crippen LogP contribution in [0, 0.1) is 0 Å². The standard InChI is InChI=1S/C9H17N3/c1-5-7-6-8(10)11-12(7)9(2,3)4/h6H,5H2,1-4H3,(H2,10,11). The van der Waals surface area contributed by atoms with E-state index in [-0.39, 0.29) is 5.54 Å². The third-order valence-electron chi connectivity index (χ3n) is 1.80. The van der Waals surface area contributed by atoms with Gasteiger partial charge in [0.05, 0.1) is 5.54 Å². The van der Waals surface area contributed by atoms with Crippen LogP contribution in [0.25, 0.3) is 0 Å². The van der Waals surface area contributed by atoms with Crippen molar-refractivity contribution in [3.05, 3.63) is 11.8 Å². The summed E-state index contributed by atoms with van der Waals surface area (Å²) in [4.78, 5) is 0. The van der Waals surface area contributed by atoms with E-state index >= 15 is 0 Å². The highest BCUT2D eigenvalue weighted by Gasteiger charge is 2.17. The Hall–Kier alpha value is -0.990. The molecular formula is C9H17N3. The lowest BCUT2D eigenvalue weighted by Gasteiger charge is -2.21. The largest absolute Gasteiger partial charge is 0.382 e. The zero-order valence-electron chi connectivity index (χ0n) is 8.26. The third-order valence-corrected chi connectivity index (χ3v) is 1.80. The Morgan fingerprint density at radius 3 is 2.42 bits per heavy atom. The number of aromatic nitrogens is 2. The number of hydrogen-bond acceptors (Lipinski definition) is 2. The van der Waals surface area contributed by atoms with Crippen LogP contribution in [-0.4, -0.2) is 9.78 Å². The minimum atomic E-state index is 0.0307. The van der Waals surface area contributed by atoms with Gasteiger partial charge in [0.1, 0.15) is 5.82 Å².